The van der Waals surface area contributed by atoms with E-state index in [1.54, 1.807) is 31.4 Å². The first-order valence-corrected chi connectivity index (χ1v) is 7.32. The second kappa shape index (κ2) is 6.93. The maximum atomic E-state index is 9.35. The number of rotatable bonds is 6. The minimum Gasteiger partial charge on any atom is -0.508 e. The second-order valence-corrected chi connectivity index (χ2v) is 5.00. The van der Waals surface area contributed by atoms with Crippen molar-refractivity contribution in [2.75, 3.05) is 30.9 Å². The van der Waals surface area contributed by atoms with Crippen molar-refractivity contribution in [3.8, 4) is 5.75 Å². The van der Waals surface area contributed by atoms with E-state index in [0.717, 1.165) is 22.4 Å². The van der Waals surface area contributed by atoms with E-state index in [0.29, 0.717) is 19.1 Å². The molecule has 0 bridgehead atoms. The van der Waals surface area contributed by atoms with Crippen LogP contribution in [0.25, 0.3) is 10.9 Å². The number of ether oxygens (including phenoxy) is 1. The fourth-order valence-corrected chi connectivity index (χ4v) is 2.21. The number of aromatic hydroxyl groups is 1. The van der Waals surface area contributed by atoms with Gasteiger partial charge in [0, 0.05) is 24.7 Å². The van der Waals surface area contributed by atoms with E-state index in [1.807, 2.05) is 24.3 Å². The van der Waals surface area contributed by atoms with Crippen LogP contribution in [-0.2, 0) is 4.74 Å². The molecule has 0 fully saturated rings. The van der Waals surface area contributed by atoms with Crippen LogP contribution in [0.2, 0.25) is 0 Å². The van der Waals surface area contributed by atoms with Gasteiger partial charge < -0.3 is 20.5 Å². The Hall–Kier alpha value is -2.86. The highest BCUT2D eigenvalue weighted by Gasteiger charge is 2.07. The monoisotopic (exact) mass is 310 g/mol. The van der Waals surface area contributed by atoms with Crippen molar-refractivity contribution in [1.82, 2.24) is 9.97 Å². The molecule has 6 nitrogen and oxygen atoms in total. The number of nitrogens with zero attached hydrogens (tertiary/aromatic N) is 2. The summed E-state index contributed by atoms with van der Waals surface area (Å²) in [7, 11) is 1.66. The molecule has 0 amide bonds. The molecule has 0 radical (unpaired) electrons. The quantitative estimate of drug-likeness (QED) is 0.479. The standard InChI is InChI=1S/C17H18N4O2/c1-23-11-10-18-16-14-4-2-3-5-15(14)20-17(21-16)19-12-6-8-13(22)9-7-12/h2-9,22H,10-11H2,1H3,(H2,18,19,20,21). The summed E-state index contributed by atoms with van der Waals surface area (Å²) in [4.78, 5) is 9.06. The van der Waals surface area contributed by atoms with Gasteiger partial charge in [-0.1, -0.05) is 12.1 Å². The Balaban J connectivity index is 1.92. The van der Waals surface area contributed by atoms with Crippen LogP contribution in [0, 0.1) is 0 Å². The van der Waals surface area contributed by atoms with Crippen molar-refractivity contribution in [2.24, 2.45) is 0 Å². The Morgan fingerprint density at radius 1 is 1.04 bits per heavy atom. The molecule has 0 aliphatic carbocycles. The summed E-state index contributed by atoms with van der Waals surface area (Å²) in [6.07, 6.45) is 0. The lowest BCUT2D eigenvalue weighted by atomic mass is 10.2. The molecule has 6 heteroatoms. The molecule has 0 aliphatic heterocycles. The zero-order valence-electron chi connectivity index (χ0n) is 12.8. The zero-order chi connectivity index (χ0) is 16.1. The van der Waals surface area contributed by atoms with E-state index < -0.39 is 0 Å². The van der Waals surface area contributed by atoms with Gasteiger partial charge in [-0.25, -0.2) is 4.98 Å². The summed E-state index contributed by atoms with van der Waals surface area (Å²) >= 11 is 0. The number of methoxy groups -OCH3 is 1. The van der Waals surface area contributed by atoms with Gasteiger partial charge >= 0.3 is 0 Å². The van der Waals surface area contributed by atoms with Gasteiger partial charge in [0.05, 0.1) is 12.1 Å². The first-order valence-electron chi connectivity index (χ1n) is 7.32. The third kappa shape index (κ3) is 3.67. The molecule has 0 saturated heterocycles. The Labute approximate surface area is 134 Å². The van der Waals surface area contributed by atoms with E-state index in [-0.39, 0.29) is 5.75 Å². The Morgan fingerprint density at radius 2 is 1.83 bits per heavy atom. The molecule has 0 atom stereocenters. The Morgan fingerprint density at radius 3 is 2.61 bits per heavy atom. The number of nitrogens with one attached hydrogen (secondary N) is 2. The van der Waals surface area contributed by atoms with Gasteiger partial charge in [0.25, 0.3) is 0 Å². The molecule has 3 N–H and O–H groups in total. The van der Waals surface area contributed by atoms with Crippen LogP contribution >= 0.6 is 0 Å². The lowest BCUT2D eigenvalue weighted by Gasteiger charge is -2.11. The number of benzene rings is 2. The number of aromatic nitrogens is 2. The number of anilines is 3. The molecule has 0 saturated carbocycles. The third-order valence-corrected chi connectivity index (χ3v) is 3.33. The molecule has 0 spiro atoms. The third-order valence-electron chi connectivity index (χ3n) is 3.33. The van der Waals surface area contributed by atoms with Gasteiger partial charge in [0.15, 0.2) is 0 Å². The maximum Gasteiger partial charge on any atom is 0.229 e. The molecule has 1 aromatic heterocycles. The minimum atomic E-state index is 0.219. The van der Waals surface area contributed by atoms with E-state index in [1.165, 1.54) is 0 Å². The van der Waals surface area contributed by atoms with E-state index in [9.17, 15) is 5.11 Å². The average molecular weight is 310 g/mol. The van der Waals surface area contributed by atoms with Crippen LogP contribution in [0.15, 0.2) is 48.5 Å². The molecule has 3 aromatic rings. The molecule has 118 valence electrons. The highest BCUT2D eigenvalue weighted by atomic mass is 16.5. The SMILES string of the molecule is COCCNc1nc(Nc2ccc(O)cc2)nc2ccccc12. The van der Waals surface area contributed by atoms with Crippen molar-refractivity contribution in [2.45, 2.75) is 0 Å². The zero-order valence-corrected chi connectivity index (χ0v) is 12.8. The largest absolute Gasteiger partial charge is 0.508 e. The summed E-state index contributed by atoms with van der Waals surface area (Å²) in [6, 6.07) is 14.6. The molecular weight excluding hydrogens is 292 g/mol. The summed E-state index contributed by atoms with van der Waals surface area (Å²) < 4.78 is 5.07. The second-order valence-electron chi connectivity index (χ2n) is 5.00. The van der Waals surface area contributed by atoms with Crippen molar-refractivity contribution >= 4 is 28.4 Å². The van der Waals surface area contributed by atoms with Gasteiger partial charge in [-0.3, -0.25) is 0 Å². The van der Waals surface area contributed by atoms with Crippen LogP contribution in [0.5, 0.6) is 5.75 Å². The summed E-state index contributed by atoms with van der Waals surface area (Å²) in [5.41, 5.74) is 1.66. The summed E-state index contributed by atoms with van der Waals surface area (Å²) in [6.45, 7) is 1.26. The smallest absolute Gasteiger partial charge is 0.229 e. The summed E-state index contributed by atoms with van der Waals surface area (Å²) in [5, 5.41) is 16.7. The Kier molecular flexibility index (Phi) is 4.54. The van der Waals surface area contributed by atoms with Crippen molar-refractivity contribution < 1.29 is 9.84 Å². The first-order chi connectivity index (χ1) is 11.3. The van der Waals surface area contributed by atoms with Gasteiger partial charge in [-0.15, -0.1) is 0 Å². The van der Waals surface area contributed by atoms with E-state index >= 15 is 0 Å². The molecule has 23 heavy (non-hydrogen) atoms. The van der Waals surface area contributed by atoms with Crippen LogP contribution in [0.1, 0.15) is 0 Å². The topological polar surface area (TPSA) is 79.3 Å². The number of fused-ring (bicyclic) bond motifs is 1. The molecule has 1 heterocycles. The van der Waals surface area contributed by atoms with Gasteiger partial charge in [-0.2, -0.15) is 4.98 Å². The van der Waals surface area contributed by atoms with E-state index in [4.69, 9.17) is 4.74 Å². The van der Waals surface area contributed by atoms with Crippen LogP contribution in [0.4, 0.5) is 17.5 Å². The molecule has 0 aliphatic rings. The predicted molar refractivity (Wildman–Crippen MR) is 91.3 cm³/mol. The number of hydrogen-bond acceptors (Lipinski definition) is 6. The highest BCUT2D eigenvalue weighted by molar-refractivity contribution is 5.90. The molecule has 0 unspecified atom stereocenters. The lowest BCUT2D eigenvalue weighted by molar-refractivity contribution is 0.210. The molecule has 3 rings (SSSR count). The van der Waals surface area contributed by atoms with Crippen LogP contribution in [0.3, 0.4) is 0 Å². The molecular formula is C17H18N4O2. The average Bonchev–Trinajstić information content (AvgIpc) is 2.57. The molecule has 2 aromatic carbocycles. The number of phenols is 1. The number of hydrogen-bond donors (Lipinski definition) is 3. The predicted octanol–water partition coefficient (Wildman–Crippen LogP) is 3.14. The highest BCUT2D eigenvalue weighted by Crippen LogP contribution is 2.24. The van der Waals surface area contributed by atoms with E-state index in [2.05, 4.69) is 20.6 Å². The van der Waals surface area contributed by atoms with Crippen molar-refractivity contribution in [3.63, 3.8) is 0 Å². The summed E-state index contributed by atoms with van der Waals surface area (Å²) in [5.74, 6) is 1.47. The fourth-order valence-electron chi connectivity index (χ4n) is 2.21. The van der Waals surface area contributed by atoms with Crippen molar-refractivity contribution in [3.05, 3.63) is 48.5 Å². The van der Waals surface area contributed by atoms with Crippen LogP contribution in [-0.4, -0.2) is 35.3 Å². The van der Waals surface area contributed by atoms with Crippen LogP contribution < -0.4 is 10.6 Å². The number of phenolic OH excluding ortho intramolecular Hbond substituents is 1. The Bertz CT molecular complexity index is 790. The number of para-hydroxylation sites is 1. The minimum absolute atomic E-state index is 0.219. The normalized spacial score (nSPS) is 10.7. The lowest BCUT2D eigenvalue weighted by Crippen LogP contribution is -2.10. The first kappa shape index (κ1) is 15.1. The van der Waals surface area contributed by atoms with Gasteiger partial charge in [-0.05, 0) is 36.4 Å². The van der Waals surface area contributed by atoms with Gasteiger partial charge in [0.1, 0.15) is 11.6 Å². The van der Waals surface area contributed by atoms with Crippen molar-refractivity contribution in [1.29, 1.82) is 0 Å². The van der Waals surface area contributed by atoms with Gasteiger partial charge in [0.2, 0.25) is 5.95 Å². The maximum absolute atomic E-state index is 9.35. The fraction of sp³-hybridized carbons (Fsp3) is 0.176.